The van der Waals surface area contributed by atoms with Crippen molar-refractivity contribution in [3.63, 3.8) is 0 Å². The molecule has 0 aliphatic carbocycles. The average Bonchev–Trinajstić information content (AvgIpc) is 2.27. The summed E-state index contributed by atoms with van der Waals surface area (Å²) in [4.78, 5) is 21.5. The van der Waals surface area contributed by atoms with Gasteiger partial charge >= 0.3 is 5.97 Å². The van der Waals surface area contributed by atoms with Crippen LogP contribution in [0.2, 0.25) is 0 Å². The molecule has 0 fully saturated rings. The highest BCUT2D eigenvalue weighted by Gasteiger charge is 2.16. The zero-order valence-corrected chi connectivity index (χ0v) is 9.02. The Morgan fingerprint density at radius 1 is 1.38 bits per heavy atom. The third-order valence-electron chi connectivity index (χ3n) is 2.14. The Hall–Kier alpha value is -2.04. The molecule has 0 unspecified atom stereocenters. The molecular weight excluding hydrogens is 212 g/mol. The number of hydrogen-bond acceptors (Lipinski definition) is 4. The van der Waals surface area contributed by atoms with Crippen LogP contribution in [0.4, 0.5) is 0 Å². The Morgan fingerprint density at radius 2 is 2.06 bits per heavy atom. The fraction of sp³-hybridized carbons (Fsp3) is 0.273. The predicted octanol–water partition coefficient (Wildman–Crippen LogP) is 1.14. The largest absolute Gasteiger partial charge is 0.493 e. The maximum absolute atomic E-state index is 10.8. The van der Waals surface area contributed by atoms with E-state index in [0.717, 1.165) is 0 Å². The summed E-state index contributed by atoms with van der Waals surface area (Å²) in [5, 5.41) is 8.76. The van der Waals surface area contributed by atoms with Crippen LogP contribution in [0.15, 0.2) is 12.1 Å². The Balaban J connectivity index is 3.35. The van der Waals surface area contributed by atoms with E-state index in [1.54, 1.807) is 6.07 Å². The van der Waals surface area contributed by atoms with E-state index in [9.17, 15) is 9.59 Å². The van der Waals surface area contributed by atoms with Crippen LogP contribution in [0.3, 0.4) is 0 Å². The maximum Gasteiger partial charge on any atom is 0.307 e. The molecule has 0 atom stereocenters. The Kier molecular flexibility index (Phi) is 3.88. The topological polar surface area (TPSA) is 72.8 Å². The van der Waals surface area contributed by atoms with Crippen molar-refractivity contribution >= 4 is 12.3 Å². The van der Waals surface area contributed by atoms with Crippen LogP contribution in [-0.4, -0.2) is 31.6 Å². The van der Waals surface area contributed by atoms with Gasteiger partial charge in [0.25, 0.3) is 0 Å². The summed E-state index contributed by atoms with van der Waals surface area (Å²) in [7, 11) is 2.85. The number of ether oxygens (including phenoxy) is 2. The van der Waals surface area contributed by atoms with Gasteiger partial charge in [0.2, 0.25) is 0 Å². The quantitative estimate of drug-likeness (QED) is 0.759. The second-order valence-electron chi connectivity index (χ2n) is 3.06. The van der Waals surface area contributed by atoms with Gasteiger partial charge in [-0.25, -0.2) is 0 Å². The summed E-state index contributed by atoms with van der Waals surface area (Å²) in [5.41, 5.74) is 0.615. The molecule has 0 saturated heterocycles. The smallest absolute Gasteiger partial charge is 0.307 e. The van der Waals surface area contributed by atoms with Gasteiger partial charge < -0.3 is 14.6 Å². The lowest BCUT2D eigenvalue weighted by Crippen LogP contribution is -2.06. The number of carboxylic acids is 1. The number of carbonyl (C=O) groups is 2. The van der Waals surface area contributed by atoms with Crippen molar-refractivity contribution in [1.29, 1.82) is 0 Å². The van der Waals surface area contributed by atoms with Gasteiger partial charge in [0.05, 0.1) is 20.6 Å². The van der Waals surface area contributed by atoms with Gasteiger partial charge in [-0.2, -0.15) is 0 Å². The van der Waals surface area contributed by atoms with E-state index in [0.29, 0.717) is 23.2 Å². The molecule has 1 aromatic rings. The number of benzene rings is 1. The van der Waals surface area contributed by atoms with Crippen LogP contribution in [0, 0.1) is 0 Å². The highest BCUT2D eigenvalue weighted by molar-refractivity contribution is 5.84. The number of aldehydes is 1. The van der Waals surface area contributed by atoms with Crippen molar-refractivity contribution in [2.75, 3.05) is 14.2 Å². The van der Waals surface area contributed by atoms with Gasteiger partial charge in [-0.1, -0.05) is 0 Å². The first-order chi connectivity index (χ1) is 7.63. The van der Waals surface area contributed by atoms with Gasteiger partial charge in [-0.3, -0.25) is 9.59 Å². The van der Waals surface area contributed by atoms with Crippen molar-refractivity contribution in [2.24, 2.45) is 0 Å². The van der Waals surface area contributed by atoms with Crippen LogP contribution < -0.4 is 9.47 Å². The third-order valence-corrected chi connectivity index (χ3v) is 2.14. The fourth-order valence-electron chi connectivity index (χ4n) is 1.45. The number of carbonyl (C=O) groups excluding carboxylic acids is 1. The molecule has 0 aliphatic heterocycles. The summed E-state index contributed by atoms with van der Waals surface area (Å²) in [6.45, 7) is 0. The second-order valence-corrected chi connectivity index (χ2v) is 3.06. The monoisotopic (exact) mass is 224 g/mol. The predicted molar refractivity (Wildman–Crippen MR) is 56.3 cm³/mol. The second kappa shape index (κ2) is 5.16. The van der Waals surface area contributed by atoms with Crippen LogP contribution in [0.1, 0.15) is 15.9 Å². The van der Waals surface area contributed by atoms with Crippen molar-refractivity contribution < 1.29 is 24.2 Å². The molecule has 16 heavy (non-hydrogen) atoms. The first kappa shape index (κ1) is 12.0. The van der Waals surface area contributed by atoms with E-state index in [1.165, 1.54) is 20.3 Å². The Bertz CT molecular complexity index is 411. The number of rotatable bonds is 5. The van der Waals surface area contributed by atoms with E-state index in [-0.39, 0.29) is 12.2 Å². The minimum Gasteiger partial charge on any atom is -0.493 e. The Morgan fingerprint density at radius 3 is 2.50 bits per heavy atom. The molecule has 0 saturated carbocycles. The van der Waals surface area contributed by atoms with Gasteiger partial charge in [-0.05, 0) is 12.1 Å². The molecule has 0 bridgehead atoms. The molecule has 1 N–H and O–H groups in total. The van der Waals surface area contributed by atoms with Gasteiger partial charge in [0, 0.05) is 11.1 Å². The van der Waals surface area contributed by atoms with E-state index in [4.69, 9.17) is 14.6 Å². The molecule has 5 heteroatoms. The minimum absolute atomic E-state index is 0.283. The lowest BCUT2D eigenvalue weighted by atomic mass is 10.0. The van der Waals surface area contributed by atoms with Crippen LogP contribution in [0.25, 0.3) is 0 Å². The molecule has 1 aromatic carbocycles. The maximum atomic E-state index is 10.8. The molecule has 86 valence electrons. The zero-order valence-electron chi connectivity index (χ0n) is 9.02. The summed E-state index contributed by atoms with van der Waals surface area (Å²) in [5.74, 6) is -0.339. The zero-order chi connectivity index (χ0) is 12.1. The van der Waals surface area contributed by atoms with Gasteiger partial charge in [-0.15, -0.1) is 0 Å². The lowest BCUT2D eigenvalue weighted by molar-refractivity contribution is -0.136. The first-order valence-corrected chi connectivity index (χ1v) is 4.54. The van der Waals surface area contributed by atoms with Crippen LogP contribution >= 0.6 is 0 Å². The number of carboxylic acid groups (broad SMARTS) is 1. The first-order valence-electron chi connectivity index (χ1n) is 4.54. The summed E-state index contributed by atoms with van der Waals surface area (Å²) in [6.07, 6.45) is 0.314. The summed E-state index contributed by atoms with van der Waals surface area (Å²) < 4.78 is 10.1. The fourth-order valence-corrected chi connectivity index (χ4v) is 1.45. The standard InChI is InChI=1S/C11H12O5/c1-15-9-4-3-7(6-12)8(5-10(13)14)11(9)16-2/h3-4,6H,5H2,1-2H3,(H,13,14). The normalized spacial score (nSPS) is 9.62. The lowest BCUT2D eigenvalue weighted by Gasteiger charge is -2.13. The van der Waals surface area contributed by atoms with Crippen molar-refractivity contribution in [2.45, 2.75) is 6.42 Å². The number of aliphatic carboxylic acids is 1. The molecule has 0 amide bonds. The Labute approximate surface area is 92.6 Å². The summed E-state index contributed by atoms with van der Waals surface area (Å²) in [6, 6.07) is 3.07. The van der Waals surface area contributed by atoms with Crippen molar-refractivity contribution in [1.82, 2.24) is 0 Å². The number of methoxy groups -OCH3 is 2. The van der Waals surface area contributed by atoms with Crippen molar-refractivity contribution in [3.8, 4) is 11.5 Å². The van der Waals surface area contributed by atoms with Gasteiger partial charge in [0.15, 0.2) is 11.5 Å². The molecule has 0 radical (unpaired) electrons. The highest BCUT2D eigenvalue weighted by atomic mass is 16.5. The minimum atomic E-state index is -1.03. The molecule has 0 heterocycles. The molecule has 0 aromatic heterocycles. The third kappa shape index (κ3) is 2.31. The van der Waals surface area contributed by atoms with Crippen molar-refractivity contribution in [3.05, 3.63) is 23.3 Å². The van der Waals surface area contributed by atoms with Gasteiger partial charge in [0.1, 0.15) is 6.29 Å². The molecule has 5 nitrogen and oxygen atoms in total. The number of hydrogen-bond donors (Lipinski definition) is 1. The summed E-state index contributed by atoms with van der Waals surface area (Å²) >= 11 is 0. The molecule has 1 rings (SSSR count). The van der Waals surface area contributed by atoms with E-state index in [1.807, 2.05) is 0 Å². The molecule has 0 aliphatic rings. The highest BCUT2D eigenvalue weighted by Crippen LogP contribution is 2.33. The SMILES string of the molecule is COc1ccc(C=O)c(CC(=O)O)c1OC. The van der Waals surface area contributed by atoms with E-state index in [2.05, 4.69) is 0 Å². The average molecular weight is 224 g/mol. The van der Waals surface area contributed by atoms with Crippen LogP contribution in [-0.2, 0) is 11.2 Å². The van der Waals surface area contributed by atoms with E-state index >= 15 is 0 Å². The van der Waals surface area contributed by atoms with E-state index < -0.39 is 5.97 Å². The molecular formula is C11H12O5. The van der Waals surface area contributed by atoms with Crippen LogP contribution in [0.5, 0.6) is 11.5 Å². The molecule has 0 spiro atoms.